The van der Waals surface area contributed by atoms with Gasteiger partial charge in [0.25, 0.3) is 0 Å². The molecule has 0 saturated carbocycles. The molecular weight excluding hydrogens is 250 g/mol. The molecule has 0 aromatic carbocycles. The fourth-order valence-electron chi connectivity index (χ4n) is 2.02. The highest BCUT2D eigenvalue weighted by molar-refractivity contribution is 7.11. The molecule has 2 heterocycles. The van der Waals surface area contributed by atoms with E-state index in [4.69, 9.17) is 0 Å². The molecule has 6 heteroatoms. The van der Waals surface area contributed by atoms with Crippen molar-refractivity contribution in [2.45, 2.75) is 39.3 Å². The normalized spacial score (nSPS) is 19.6. The lowest BCUT2D eigenvalue weighted by Crippen LogP contribution is -2.52. The lowest BCUT2D eigenvalue weighted by molar-refractivity contribution is -0.137. The molecule has 1 aliphatic heterocycles. The smallest absolute Gasteiger partial charge is 0.248 e. The lowest BCUT2D eigenvalue weighted by Gasteiger charge is -2.28. The van der Waals surface area contributed by atoms with Gasteiger partial charge in [0.05, 0.1) is 11.6 Å². The monoisotopic (exact) mass is 267 g/mol. The first kappa shape index (κ1) is 13.0. The number of nitrogens with zero attached hydrogens (tertiary/aromatic N) is 2. The molecule has 18 heavy (non-hydrogen) atoms. The predicted molar refractivity (Wildman–Crippen MR) is 69.1 cm³/mol. The van der Waals surface area contributed by atoms with Crippen LogP contribution >= 0.6 is 11.3 Å². The van der Waals surface area contributed by atoms with Gasteiger partial charge >= 0.3 is 0 Å². The SMILES string of the molecule is Cc1ncc(CN2CCC(=O)NC(C)(C)C2=O)s1. The Morgan fingerprint density at radius 2 is 2.22 bits per heavy atom. The Bertz CT molecular complexity index is 481. The van der Waals surface area contributed by atoms with E-state index in [-0.39, 0.29) is 11.8 Å². The molecule has 0 spiro atoms. The topological polar surface area (TPSA) is 62.3 Å². The van der Waals surface area contributed by atoms with E-state index in [9.17, 15) is 9.59 Å². The Hall–Kier alpha value is -1.43. The van der Waals surface area contributed by atoms with Crippen LogP contribution in [0.5, 0.6) is 0 Å². The first-order valence-electron chi connectivity index (χ1n) is 5.90. The maximum absolute atomic E-state index is 12.3. The number of hydrogen-bond donors (Lipinski definition) is 1. The molecule has 0 atom stereocenters. The van der Waals surface area contributed by atoms with Gasteiger partial charge in [0.15, 0.2) is 0 Å². The molecule has 1 aromatic rings. The molecule has 1 N–H and O–H groups in total. The molecule has 0 bridgehead atoms. The van der Waals surface area contributed by atoms with Gasteiger partial charge in [0.1, 0.15) is 5.54 Å². The highest BCUT2D eigenvalue weighted by Gasteiger charge is 2.36. The van der Waals surface area contributed by atoms with Gasteiger partial charge in [-0.15, -0.1) is 11.3 Å². The van der Waals surface area contributed by atoms with Crippen molar-refractivity contribution in [1.82, 2.24) is 15.2 Å². The van der Waals surface area contributed by atoms with E-state index >= 15 is 0 Å². The van der Waals surface area contributed by atoms with Crippen LogP contribution in [0.4, 0.5) is 0 Å². The van der Waals surface area contributed by atoms with Crippen LogP contribution in [0.2, 0.25) is 0 Å². The first-order chi connectivity index (χ1) is 8.38. The van der Waals surface area contributed by atoms with E-state index in [0.717, 1.165) is 9.88 Å². The van der Waals surface area contributed by atoms with Crippen molar-refractivity contribution in [2.75, 3.05) is 6.54 Å². The van der Waals surface area contributed by atoms with Gasteiger partial charge in [-0.1, -0.05) is 0 Å². The Labute approximate surface area is 110 Å². The fourth-order valence-corrected chi connectivity index (χ4v) is 2.83. The fraction of sp³-hybridized carbons (Fsp3) is 0.583. The van der Waals surface area contributed by atoms with Gasteiger partial charge in [-0.2, -0.15) is 0 Å². The standard InChI is InChI=1S/C12H17N3O2S/c1-8-13-6-9(18-8)7-15-5-4-10(16)14-12(2,3)11(15)17/h6H,4-5,7H2,1-3H3,(H,14,16). The maximum Gasteiger partial charge on any atom is 0.248 e. The number of carbonyl (C=O) groups is 2. The number of rotatable bonds is 2. The van der Waals surface area contributed by atoms with Crippen LogP contribution in [0.3, 0.4) is 0 Å². The molecule has 98 valence electrons. The van der Waals surface area contributed by atoms with Crippen LogP contribution < -0.4 is 5.32 Å². The Balaban J connectivity index is 2.16. The van der Waals surface area contributed by atoms with E-state index in [1.165, 1.54) is 0 Å². The van der Waals surface area contributed by atoms with E-state index in [2.05, 4.69) is 10.3 Å². The molecule has 2 amide bonds. The molecule has 0 unspecified atom stereocenters. The summed E-state index contributed by atoms with van der Waals surface area (Å²) in [4.78, 5) is 30.8. The quantitative estimate of drug-likeness (QED) is 0.872. The van der Waals surface area contributed by atoms with Crippen molar-refractivity contribution in [3.63, 3.8) is 0 Å². The number of aromatic nitrogens is 1. The van der Waals surface area contributed by atoms with Gasteiger partial charge in [0, 0.05) is 24.0 Å². The summed E-state index contributed by atoms with van der Waals surface area (Å²) in [5, 5.41) is 3.73. The van der Waals surface area contributed by atoms with Crippen LogP contribution in [0.1, 0.15) is 30.2 Å². The zero-order valence-corrected chi connectivity index (χ0v) is 11.6. The molecule has 1 saturated heterocycles. The highest BCUT2D eigenvalue weighted by Crippen LogP contribution is 2.19. The van der Waals surface area contributed by atoms with Gasteiger partial charge in [-0.05, 0) is 20.8 Å². The molecular formula is C12H17N3O2S. The minimum absolute atomic E-state index is 0.0422. The number of thiazole rings is 1. The third-order valence-corrected chi connectivity index (χ3v) is 3.80. The zero-order chi connectivity index (χ0) is 13.3. The summed E-state index contributed by atoms with van der Waals surface area (Å²) >= 11 is 1.58. The molecule has 1 aromatic heterocycles. The van der Waals surface area contributed by atoms with Crippen molar-refractivity contribution in [3.8, 4) is 0 Å². The highest BCUT2D eigenvalue weighted by atomic mass is 32.1. The van der Waals surface area contributed by atoms with Crippen molar-refractivity contribution < 1.29 is 9.59 Å². The summed E-state index contributed by atoms with van der Waals surface area (Å²) in [6.07, 6.45) is 2.15. The molecule has 5 nitrogen and oxygen atoms in total. The number of aryl methyl sites for hydroxylation is 1. The minimum Gasteiger partial charge on any atom is -0.342 e. The summed E-state index contributed by atoms with van der Waals surface area (Å²) in [5.41, 5.74) is -0.826. The summed E-state index contributed by atoms with van der Waals surface area (Å²) in [6, 6.07) is 0. The Morgan fingerprint density at radius 1 is 1.50 bits per heavy atom. The maximum atomic E-state index is 12.3. The van der Waals surface area contributed by atoms with Gasteiger partial charge in [-0.25, -0.2) is 4.98 Å². The van der Waals surface area contributed by atoms with Crippen molar-refractivity contribution in [3.05, 3.63) is 16.1 Å². The van der Waals surface area contributed by atoms with Gasteiger partial charge < -0.3 is 10.2 Å². The summed E-state index contributed by atoms with van der Waals surface area (Å²) in [7, 11) is 0. The van der Waals surface area contributed by atoms with E-state index in [1.807, 2.05) is 6.92 Å². The summed E-state index contributed by atoms with van der Waals surface area (Å²) in [5.74, 6) is -0.115. The minimum atomic E-state index is -0.826. The average molecular weight is 267 g/mol. The Kier molecular flexibility index (Phi) is 3.38. The molecule has 0 radical (unpaired) electrons. The summed E-state index contributed by atoms with van der Waals surface area (Å²) < 4.78 is 0. The Morgan fingerprint density at radius 3 is 2.83 bits per heavy atom. The van der Waals surface area contributed by atoms with Crippen LogP contribution in [-0.4, -0.2) is 33.8 Å². The third kappa shape index (κ3) is 2.69. The summed E-state index contributed by atoms with van der Waals surface area (Å²) in [6.45, 7) is 6.41. The first-order valence-corrected chi connectivity index (χ1v) is 6.72. The number of hydrogen-bond acceptors (Lipinski definition) is 4. The van der Waals surface area contributed by atoms with Crippen LogP contribution in [0.15, 0.2) is 6.20 Å². The van der Waals surface area contributed by atoms with Gasteiger partial charge in [0.2, 0.25) is 11.8 Å². The third-order valence-electron chi connectivity index (χ3n) is 2.90. The molecule has 1 fully saturated rings. The van der Waals surface area contributed by atoms with Crippen molar-refractivity contribution >= 4 is 23.2 Å². The predicted octanol–water partition coefficient (Wildman–Crippen LogP) is 1.08. The number of amides is 2. The molecule has 0 aliphatic carbocycles. The second-order valence-electron chi connectivity index (χ2n) is 5.00. The van der Waals surface area contributed by atoms with Crippen molar-refractivity contribution in [1.29, 1.82) is 0 Å². The van der Waals surface area contributed by atoms with Crippen LogP contribution in [0, 0.1) is 6.92 Å². The second-order valence-corrected chi connectivity index (χ2v) is 6.31. The van der Waals surface area contributed by atoms with E-state index in [0.29, 0.717) is 19.5 Å². The van der Waals surface area contributed by atoms with E-state index in [1.54, 1.807) is 36.3 Å². The van der Waals surface area contributed by atoms with Gasteiger partial charge in [-0.3, -0.25) is 9.59 Å². The van der Waals surface area contributed by atoms with E-state index < -0.39 is 5.54 Å². The van der Waals surface area contributed by atoms with Crippen molar-refractivity contribution in [2.24, 2.45) is 0 Å². The molecule has 1 aliphatic rings. The molecule has 2 rings (SSSR count). The van der Waals surface area contributed by atoms with Crippen LogP contribution in [0.25, 0.3) is 0 Å². The number of nitrogens with one attached hydrogen (secondary N) is 1. The average Bonchev–Trinajstić information content (AvgIpc) is 2.64. The zero-order valence-electron chi connectivity index (χ0n) is 10.8. The lowest BCUT2D eigenvalue weighted by atomic mass is 10.0. The second kappa shape index (κ2) is 4.68. The largest absolute Gasteiger partial charge is 0.342 e. The van der Waals surface area contributed by atoms with Crippen LogP contribution in [-0.2, 0) is 16.1 Å². The number of carbonyl (C=O) groups excluding carboxylic acids is 2.